The molecule has 41 heavy (non-hydrogen) atoms. The monoisotopic (exact) mass is 623 g/mol. The van der Waals surface area contributed by atoms with E-state index in [1.165, 1.54) is 83.5 Å². The molecule has 0 rings (SSSR count). The Bertz CT molecular complexity index is 460. The van der Waals surface area contributed by atoms with Crippen molar-refractivity contribution in [3.63, 3.8) is 0 Å². The number of carboxylic acid groups (broad SMARTS) is 1. The molecule has 0 aromatic rings. The van der Waals surface area contributed by atoms with E-state index in [0.29, 0.717) is 26.4 Å². The molecule has 0 aromatic heterocycles. The Morgan fingerprint density at radius 3 is 0.902 bits per heavy atom. The van der Waals surface area contributed by atoms with Crippen molar-refractivity contribution in [1.29, 1.82) is 0 Å². The Balaban J connectivity index is 0. The minimum atomic E-state index is -3.52. The van der Waals surface area contributed by atoms with Crippen LogP contribution in [0.15, 0.2) is 0 Å². The van der Waals surface area contributed by atoms with Crippen LogP contribution >= 0.6 is 0 Å². The third kappa shape index (κ3) is 34.4. The molecule has 0 unspecified atom stereocenters. The van der Waals surface area contributed by atoms with E-state index >= 15 is 0 Å². The predicted molar refractivity (Wildman–Crippen MR) is 168 cm³/mol. The molecule has 0 aliphatic carbocycles. The van der Waals surface area contributed by atoms with Crippen LogP contribution in [0.1, 0.15) is 189 Å². The van der Waals surface area contributed by atoms with Gasteiger partial charge in [-0.3, -0.25) is 0 Å². The van der Waals surface area contributed by atoms with Crippen LogP contribution in [0.5, 0.6) is 0 Å². The van der Waals surface area contributed by atoms with Gasteiger partial charge in [-0.05, 0) is 12.8 Å². The van der Waals surface area contributed by atoms with Crippen LogP contribution in [0, 0.1) is 0 Å². The summed E-state index contributed by atoms with van der Waals surface area (Å²) < 4.78 is 24.1. The van der Waals surface area contributed by atoms with Gasteiger partial charge in [-0.15, -0.1) is 0 Å². The minimum absolute atomic E-state index is 0.234. The zero-order chi connectivity index (χ0) is 30.7. The van der Waals surface area contributed by atoms with Crippen molar-refractivity contribution in [2.45, 2.75) is 189 Å². The topological polar surface area (TPSA) is 77.1 Å². The van der Waals surface area contributed by atoms with Crippen molar-refractivity contribution in [2.24, 2.45) is 0 Å². The maximum atomic E-state index is 10.2. The van der Waals surface area contributed by atoms with Gasteiger partial charge < -0.3 is 9.90 Å². The summed E-state index contributed by atoms with van der Waals surface area (Å²) in [5.41, 5.74) is 0. The Morgan fingerprint density at radius 1 is 0.415 bits per heavy atom. The fraction of sp³-hybridized carbons (Fsp3) is 0.971. The zero-order valence-electron chi connectivity index (χ0n) is 28.2. The van der Waals surface area contributed by atoms with Gasteiger partial charge in [-0.1, -0.05) is 96.8 Å². The molecule has 0 saturated carbocycles. The van der Waals surface area contributed by atoms with Gasteiger partial charge in [0.25, 0.3) is 0 Å². The number of aliphatic carboxylic acids is 1. The molecule has 6 nitrogen and oxygen atoms in total. The first-order valence-electron chi connectivity index (χ1n) is 17.8. The number of unbranched alkanes of at least 4 members (excludes halogenated alkanes) is 18. The summed E-state index contributed by atoms with van der Waals surface area (Å²) in [5, 5.41) is 10.2. The van der Waals surface area contributed by atoms with Gasteiger partial charge in [0.2, 0.25) is 0 Å². The quantitative estimate of drug-likeness (QED) is 0.0548. The fourth-order valence-electron chi connectivity index (χ4n) is 4.26. The van der Waals surface area contributed by atoms with Crippen molar-refractivity contribution >= 4 is 5.97 Å². The van der Waals surface area contributed by atoms with Crippen LogP contribution in [0.4, 0.5) is 0 Å². The second-order valence-corrected chi connectivity index (χ2v) is 14.7. The third-order valence-electron chi connectivity index (χ3n) is 7.09. The molecule has 7 heteroatoms. The molecule has 0 radical (unpaired) electrons. The van der Waals surface area contributed by atoms with E-state index in [9.17, 15) is 9.90 Å². The van der Waals surface area contributed by atoms with Crippen LogP contribution in [0.3, 0.4) is 0 Å². The van der Waals surface area contributed by atoms with E-state index in [2.05, 4.69) is 34.6 Å². The second-order valence-electron chi connectivity index (χ2n) is 11.4. The molecular formula is C34H71O6Ti. The van der Waals surface area contributed by atoms with Crippen LogP contribution in [-0.2, 0) is 36.2 Å². The van der Waals surface area contributed by atoms with Gasteiger partial charge in [-0.2, -0.15) is 0 Å². The number of carbonyl (C=O) groups is 1. The number of carbonyl (C=O) groups excluding carboxylic acids is 1. The van der Waals surface area contributed by atoms with Crippen molar-refractivity contribution in [1.82, 2.24) is 0 Å². The SMILES string of the molecule is CCCCCCCCCCCCCCCCCC(=O)[O-].CCCC[O][Ti+]([O]CCCC)([O]CCCC)[O]CCCC. The summed E-state index contributed by atoms with van der Waals surface area (Å²) in [6.45, 7) is 13.6. The Hall–Kier alpha value is 0.0243. The van der Waals surface area contributed by atoms with Gasteiger partial charge >= 0.3 is 137 Å². The Kier molecular flexibility index (Phi) is 38.1. The predicted octanol–water partition coefficient (Wildman–Crippen LogP) is 10.1. The molecule has 0 aliphatic heterocycles. The number of carboxylic acids is 1. The van der Waals surface area contributed by atoms with Crippen LogP contribution in [0.2, 0.25) is 0 Å². The molecule has 0 heterocycles. The summed E-state index contributed by atoms with van der Waals surface area (Å²) in [5.74, 6) is -0.903. The van der Waals surface area contributed by atoms with Gasteiger partial charge in [0.15, 0.2) is 0 Å². The molecular weight excluding hydrogens is 552 g/mol. The van der Waals surface area contributed by atoms with Crippen LogP contribution < -0.4 is 5.11 Å². The van der Waals surface area contributed by atoms with E-state index in [4.69, 9.17) is 13.3 Å². The van der Waals surface area contributed by atoms with E-state index in [-0.39, 0.29) is 6.42 Å². The normalized spacial score (nSPS) is 11.4. The molecule has 0 spiro atoms. The first-order chi connectivity index (χ1) is 20.0. The molecule has 0 bridgehead atoms. The second kappa shape index (κ2) is 36.2. The average molecular weight is 624 g/mol. The fourth-order valence-corrected chi connectivity index (χ4v) is 7.50. The number of hydrogen-bond donors (Lipinski definition) is 0. The zero-order valence-corrected chi connectivity index (χ0v) is 29.8. The molecule has 0 amide bonds. The Morgan fingerprint density at radius 2 is 0.659 bits per heavy atom. The van der Waals surface area contributed by atoms with Crippen molar-refractivity contribution in [2.75, 3.05) is 26.4 Å². The van der Waals surface area contributed by atoms with E-state index < -0.39 is 24.1 Å². The standard InChI is InChI=1S/C18H36O2.4C4H9O.Ti/c1-2-3-4-5-6-7-8-9-10-11-12-13-14-15-16-17-18(19)20;4*1-2-3-4-5;/h2-17H2,1H3,(H,19,20);4*2-4H2,1H3;/q;4*-1;+5/p-1. The maximum absolute atomic E-state index is 10.2. The van der Waals surface area contributed by atoms with Crippen LogP contribution in [0.25, 0.3) is 0 Å². The summed E-state index contributed by atoms with van der Waals surface area (Å²) in [6.07, 6.45) is 28.4. The Labute approximate surface area is 261 Å². The molecule has 0 N–H and O–H groups in total. The van der Waals surface area contributed by atoms with Gasteiger partial charge in [0.05, 0.1) is 0 Å². The molecule has 0 aromatic carbocycles. The summed E-state index contributed by atoms with van der Waals surface area (Å²) in [4.78, 5) is 10.2. The summed E-state index contributed by atoms with van der Waals surface area (Å²) in [6, 6.07) is 0. The summed E-state index contributed by atoms with van der Waals surface area (Å²) >= 11 is -3.52. The molecule has 247 valence electrons. The first-order valence-corrected chi connectivity index (χ1v) is 20.3. The average Bonchev–Trinajstić information content (AvgIpc) is 2.96. The molecule has 0 aliphatic rings. The number of rotatable bonds is 32. The van der Waals surface area contributed by atoms with Gasteiger partial charge in [0.1, 0.15) is 0 Å². The van der Waals surface area contributed by atoms with Gasteiger partial charge in [0, 0.05) is 5.97 Å². The molecule has 0 atom stereocenters. The third-order valence-corrected chi connectivity index (χ3v) is 10.6. The van der Waals surface area contributed by atoms with Gasteiger partial charge in [-0.25, -0.2) is 0 Å². The summed E-state index contributed by atoms with van der Waals surface area (Å²) in [7, 11) is 0. The van der Waals surface area contributed by atoms with Crippen molar-refractivity contribution in [3.8, 4) is 0 Å². The van der Waals surface area contributed by atoms with Crippen LogP contribution in [-0.4, -0.2) is 32.4 Å². The molecule has 0 fully saturated rings. The molecule has 0 saturated heterocycles. The van der Waals surface area contributed by atoms with E-state index in [1.807, 2.05) is 0 Å². The van der Waals surface area contributed by atoms with Crippen molar-refractivity contribution < 1.29 is 41.3 Å². The van der Waals surface area contributed by atoms with E-state index in [1.54, 1.807) is 0 Å². The van der Waals surface area contributed by atoms with E-state index in [0.717, 1.165) is 64.2 Å². The van der Waals surface area contributed by atoms with Crippen molar-refractivity contribution in [3.05, 3.63) is 0 Å². The first kappa shape index (κ1) is 43.2. The number of hydrogen-bond acceptors (Lipinski definition) is 6.